The number of unbranched alkanes of at least 4 members (excludes halogenated alkanes) is 3. The third-order valence-corrected chi connectivity index (χ3v) is 6.33. The fourth-order valence-corrected chi connectivity index (χ4v) is 3.99. The van der Waals surface area contributed by atoms with Gasteiger partial charge in [-0.15, -0.1) is 0 Å². The summed E-state index contributed by atoms with van der Waals surface area (Å²) < 4.78 is 45.1. The normalized spacial score (nSPS) is 11.3. The van der Waals surface area contributed by atoms with E-state index in [-0.39, 0.29) is 4.90 Å². The van der Waals surface area contributed by atoms with Gasteiger partial charge in [0, 0.05) is 12.4 Å². The molecule has 0 aromatic heterocycles. The van der Waals surface area contributed by atoms with Gasteiger partial charge in [0.15, 0.2) is 0 Å². The number of rotatable bonds is 10. The summed E-state index contributed by atoms with van der Waals surface area (Å²) in [5.41, 5.74) is 0.513. The highest BCUT2D eigenvalue weighted by Gasteiger charge is 2.21. The number of sulfonamides is 1. The molecule has 142 valence electrons. The van der Waals surface area contributed by atoms with Gasteiger partial charge in [0.2, 0.25) is 0 Å². The molecule has 0 aliphatic rings. The zero-order valence-electron chi connectivity index (χ0n) is 14.7. The van der Waals surface area contributed by atoms with E-state index in [1.165, 1.54) is 36.3 Å². The summed E-state index contributed by atoms with van der Waals surface area (Å²) in [7, 11) is -2.26. The van der Waals surface area contributed by atoms with E-state index in [4.69, 9.17) is 4.74 Å². The average molecular weight is 444 g/mol. The molecular weight excluding hydrogens is 421 g/mol. The lowest BCUT2D eigenvalue weighted by Crippen LogP contribution is -2.26. The molecule has 0 saturated carbocycles. The van der Waals surface area contributed by atoms with Crippen LogP contribution >= 0.6 is 15.9 Å². The van der Waals surface area contributed by atoms with Crippen LogP contribution in [0.5, 0.6) is 5.75 Å². The van der Waals surface area contributed by atoms with Gasteiger partial charge >= 0.3 is 0 Å². The zero-order valence-corrected chi connectivity index (χ0v) is 17.1. The highest BCUT2D eigenvalue weighted by Crippen LogP contribution is 2.24. The lowest BCUT2D eigenvalue weighted by Gasteiger charge is -2.20. The van der Waals surface area contributed by atoms with Crippen molar-refractivity contribution in [3.8, 4) is 5.75 Å². The Morgan fingerprint density at radius 2 is 1.58 bits per heavy atom. The van der Waals surface area contributed by atoms with Crippen LogP contribution in [0, 0.1) is 5.82 Å². The van der Waals surface area contributed by atoms with E-state index in [0.29, 0.717) is 18.0 Å². The third kappa shape index (κ3) is 5.71. The zero-order chi connectivity index (χ0) is 19.0. The Morgan fingerprint density at radius 1 is 0.962 bits per heavy atom. The monoisotopic (exact) mass is 443 g/mol. The first kappa shape index (κ1) is 20.7. The van der Waals surface area contributed by atoms with Crippen LogP contribution in [0.4, 0.5) is 10.1 Å². The smallest absolute Gasteiger partial charge is 0.264 e. The summed E-state index contributed by atoms with van der Waals surface area (Å²) in [4.78, 5) is 0.0465. The second kappa shape index (κ2) is 9.92. The van der Waals surface area contributed by atoms with Crippen LogP contribution in [0.25, 0.3) is 0 Å². The topological polar surface area (TPSA) is 46.6 Å². The first-order chi connectivity index (χ1) is 12.4. The predicted octanol–water partition coefficient (Wildman–Crippen LogP) is 4.98. The second-order valence-corrected chi connectivity index (χ2v) is 8.63. The minimum absolute atomic E-state index is 0.0465. The summed E-state index contributed by atoms with van der Waals surface area (Å²) >= 11 is 3.41. The van der Waals surface area contributed by atoms with Crippen molar-refractivity contribution >= 4 is 31.6 Å². The molecule has 0 saturated heterocycles. The molecule has 2 aromatic rings. The van der Waals surface area contributed by atoms with E-state index in [2.05, 4.69) is 15.9 Å². The maximum Gasteiger partial charge on any atom is 0.264 e. The van der Waals surface area contributed by atoms with Gasteiger partial charge in [-0.1, -0.05) is 28.8 Å². The molecule has 7 heteroatoms. The molecule has 0 N–H and O–H groups in total. The van der Waals surface area contributed by atoms with Crippen LogP contribution in [0.15, 0.2) is 53.4 Å². The first-order valence-corrected chi connectivity index (χ1v) is 11.0. The number of halogens is 2. The molecule has 0 aliphatic heterocycles. The summed E-state index contributed by atoms with van der Waals surface area (Å²) in [6.45, 7) is 0.644. The number of hydrogen-bond donors (Lipinski definition) is 0. The van der Waals surface area contributed by atoms with Crippen LogP contribution < -0.4 is 9.04 Å². The Morgan fingerprint density at radius 3 is 2.19 bits per heavy atom. The summed E-state index contributed by atoms with van der Waals surface area (Å²) in [6.07, 6.45) is 4.47. The second-order valence-electron chi connectivity index (χ2n) is 5.87. The molecule has 0 unspecified atom stereocenters. The molecule has 0 spiro atoms. The molecule has 26 heavy (non-hydrogen) atoms. The van der Waals surface area contributed by atoms with Crippen LogP contribution in [0.1, 0.15) is 25.7 Å². The van der Waals surface area contributed by atoms with Gasteiger partial charge in [0.25, 0.3) is 10.0 Å². The highest BCUT2D eigenvalue weighted by molar-refractivity contribution is 9.09. The number of nitrogens with zero attached hydrogens (tertiary/aromatic N) is 1. The molecule has 0 fully saturated rings. The number of anilines is 1. The van der Waals surface area contributed by atoms with Crippen LogP contribution in [-0.2, 0) is 10.0 Å². The van der Waals surface area contributed by atoms with Crippen molar-refractivity contribution in [2.45, 2.75) is 30.6 Å². The molecule has 0 amide bonds. The molecule has 0 heterocycles. The molecular formula is C19H23BrFNO3S. The van der Waals surface area contributed by atoms with Crippen molar-refractivity contribution in [2.24, 2.45) is 0 Å². The molecule has 0 radical (unpaired) electrons. The fraction of sp³-hybridized carbons (Fsp3) is 0.368. The standard InChI is InChI=1S/C19H23BrFNO3S/c1-22(26(23,24)19-12-6-16(21)7-13-19)17-8-10-18(11-9-17)25-15-5-3-2-4-14-20/h6-13H,2-5,14-15H2,1H3. The summed E-state index contributed by atoms with van der Waals surface area (Å²) in [5.74, 6) is 0.238. The lowest BCUT2D eigenvalue weighted by molar-refractivity contribution is 0.305. The van der Waals surface area contributed by atoms with Gasteiger partial charge in [-0.3, -0.25) is 4.31 Å². The van der Waals surface area contributed by atoms with E-state index in [9.17, 15) is 12.8 Å². The van der Waals surface area contributed by atoms with Gasteiger partial charge in [0.05, 0.1) is 17.2 Å². The van der Waals surface area contributed by atoms with E-state index in [1.807, 2.05) is 0 Å². The Hall–Kier alpha value is -1.60. The minimum atomic E-state index is -3.73. The number of alkyl halides is 1. The van der Waals surface area contributed by atoms with Gasteiger partial charge in [-0.2, -0.15) is 0 Å². The van der Waals surface area contributed by atoms with Crippen LogP contribution in [0.3, 0.4) is 0 Å². The van der Waals surface area contributed by atoms with E-state index >= 15 is 0 Å². The highest BCUT2D eigenvalue weighted by atomic mass is 79.9. The SMILES string of the molecule is CN(c1ccc(OCCCCCCBr)cc1)S(=O)(=O)c1ccc(F)cc1. The number of benzene rings is 2. The maximum absolute atomic E-state index is 13.0. The van der Waals surface area contributed by atoms with Crippen LogP contribution in [0.2, 0.25) is 0 Å². The Labute approximate surface area is 163 Å². The van der Waals surface area contributed by atoms with Gasteiger partial charge in [0.1, 0.15) is 11.6 Å². The Kier molecular flexibility index (Phi) is 7.90. The van der Waals surface area contributed by atoms with Crippen molar-refractivity contribution in [2.75, 3.05) is 23.3 Å². The van der Waals surface area contributed by atoms with E-state index < -0.39 is 15.8 Å². The number of ether oxygens (including phenoxy) is 1. The fourth-order valence-electron chi connectivity index (χ4n) is 2.40. The van der Waals surface area contributed by atoms with Crippen molar-refractivity contribution in [3.05, 3.63) is 54.3 Å². The predicted molar refractivity (Wildman–Crippen MR) is 106 cm³/mol. The molecule has 4 nitrogen and oxygen atoms in total. The third-order valence-electron chi connectivity index (χ3n) is 3.97. The molecule has 0 bridgehead atoms. The van der Waals surface area contributed by atoms with Gasteiger partial charge in [-0.05, 0) is 61.4 Å². The maximum atomic E-state index is 13.0. The molecule has 0 atom stereocenters. The Balaban J connectivity index is 1.95. The number of hydrogen-bond acceptors (Lipinski definition) is 3. The summed E-state index contributed by atoms with van der Waals surface area (Å²) in [6, 6.07) is 11.7. The average Bonchev–Trinajstić information content (AvgIpc) is 2.65. The molecule has 2 rings (SSSR count). The molecule has 2 aromatic carbocycles. The Bertz CT molecular complexity index is 779. The quantitative estimate of drug-likeness (QED) is 0.384. The van der Waals surface area contributed by atoms with E-state index in [0.717, 1.165) is 30.3 Å². The summed E-state index contributed by atoms with van der Waals surface area (Å²) in [5, 5.41) is 1.03. The largest absolute Gasteiger partial charge is 0.494 e. The van der Waals surface area contributed by atoms with Crippen molar-refractivity contribution in [3.63, 3.8) is 0 Å². The van der Waals surface area contributed by atoms with Crippen LogP contribution in [-0.4, -0.2) is 27.4 Å². The van der Waals surface area contributed by atoms with Gasteiger partial charge < -0.3 is 4.74 Å². The van der Waals surface area contributed by atoms with Crippen molar-refractivity contribution < 1.29 is 17.5 Å². The van der Waals surface area contributed by atoms with Crippen molar-refractivity contribution in [1.82, 2.24) is 0 Å². The molecule has 0 aliphatic carbocycles. The first-order valence-electron chi connectivity index (χ1n) is 8.48. The minimum Gasteiger partial charge on any atom is -0.494 e. The van der Waals surface area contributed by atoms with E-state index in [1.54, 1.807) is 24.3 Å². The lowest BCUT2D eigenvalue weighted by atomic mass is 10.2. The van der Waals surface area contributed by atoms with Crippen molar-refractivity contribution in [1.29, 1.82) is 0 Å². The van der Waals surface area contributed by atoms with Gasteiger partial charge in [-0.25, -0.2) is 12.8 Å².